The second kappa shape index (κ2) is 9.74. The van der Waals surface area contributed by atoms with Crippen LogP contribution in [0.4, 0.5) is 22.9 Å². The van der Waals surface area contributed by atoms with Crippen LogP contribution in [0, 0.1) is 6.92 Å². The highest BCUT2D eigenvalue weighted by atomic mass is 16.5. The molecule has 0 saturated carbocycles. The molecule has 1 aliphatic heterocycles. The second-order valence-corrected chi connectivity index (χ2v) is 7.79. The minimum Gasteiger partial charge on any atom is -0.437 e. The highest BCUT2D eigenvalue weighted by Gasteiger charge is 2.19. The molecule has 172 valence electrons. The van der Waals surface area contributed by atoms with E-state index in [-0.39, 0.29) is 17.4 Å². The van der Waals surface area contributed by atoms with Gasteiger partial charge < -0.3 is 31.2 Å². The maximum atomic E-state index is 12.1. The van der Waals surface area contributed by atoms with Crippen LogP contribution in [0.2, 0.25) is 0 Å². The summed E-state index contributed by atoms with van der Waals surface area (Å²) < 4.78 is 11.4. The molecule has 33 heavy (non-hydrogen) atoms. The maximum absolute atomic E-state index is 12.1. The number of benzene rings is 2. The lowest BCUT2D eigenvalue weighted by Gasteiger charge is -2.30. The van der Waals surface area contributed by atoms with E-state index in [0.29, 0.717) is 23.6 Å². The van der Waals surface area contributed by atoms with Crippen LogP contribution in [0.5, 0.6) is 11.6 Å². The summed E-state index contributed by atoms with van der Waals surface area (Å²) in [6, 6.07) is 13.0. The first-order valence-corrected chi connectivity index (χ1v) is 10.9. The van der Waals surface area contributed by atoms with Crippen molar-refractivity contribution in [3.05, 3.63) is 59.4 Å². The van der Waals surface area contributed by atoms with Crippen LogP contribution in [-0.4, -0.2) is 42.2 Å². The van der Waals surface area contributed by atoms with Crippen molar-refractivity contribution in [2.75, 3.05) is 42.3 Å². The summed E-state index contributed by atoms with van der Waals surface area (Å²) in [6.07, 6.45) is 0.512. The Morgan fingerprint density at radius 2 is 1.97 bits per heavy atom. The second-order valence-electron chi connectivity index (χ2n) is 7.79. The summed E-state index contributed by atoms with van der Waals surface area (Å²) in [5.74, 6) is 0.383. The van der Waals surface area contributed by atoms with Crippen molar-refractivity contribution >= 4 is 28.8 Å². The first kappa shape index (κ1) is 22.3. The van der Waals surface area contributed by atoms with Crippen LogP contribution in [0.15, 0.2) is 42.5 Å². The summed E-state index contributed by atoms with van der Waals surface area (Å²) >= 11 is 0. The van der Waals surface area contributed by atoms with Crippen LogP contribution in [0.1, 0.15) is 28.7 Å². The molecule has 9 heteroatoms. The fourth-order valence-corrected chi connectivity index (χ4v) is 3.74. The molecule has 4 rings (SSSR count). The Balaban J connectivity index is 1.65. The minimum absolute atomic E-state index is 0.0571. The molecule has 0 spiro atoms. The van der Waals surface area contributed by atoms with Crippen molar-refractivity contribution in [3.63, 3.8) is 0 Å². The van der Waals surface area contributed by atoms with Crippen molar-refractivity contribution in [2.24, 2.45) is 5.73 Å². The van der Waals surface area contributed by atoms with Crippen LogP contribution >= 0.6 is 0 Å². The number of carbonyl (C=O) groups is 1. The Morgan fingerprint density at radius 1 is 1.18 bits per heavy atom. The molecule has 3 aromatic rings. The molecule has 1 amide bonds. The quantitative estimate of drug-likeness (QED) is 0.469. The minimum atomic E-state index is -0.670. The number of amides is 1. The number of hydrogen-bond donors (Lipinski definition) is 3. The van der Waals surface area contributed by atoms with E-state index in [9.17, 15) is 4.79 Å². The molecule has 0 bridgehead atoms. The number of nitrogens with one attached hydrogen (secondary N) is 1. The van der Waals surface area contributed by atoms with Crippen molar-refractivity contribution < 1.29 is 14.3 Å². The Hall–Kier alpha value is -3.85. The molecule has 2 aromatic carbocycles. The third kappa shape index (κ3) is 5.15. The fraction of sp³-hybridized carbons (Fsp3) is 0.292. The standard InChI is InChI=1S/C24H28N6O3/c1-3-19-24(33-18-6-4-5-16(25)14-18)29-23(21(28-19)22(26)31)27-17-7-8-20(15(2)13-17)30-9-11-32-12-10-30/h4-8,13-14H,3,9-12,25H2,1-2H3,(H2,26,31)(H,27,29). The van der Waals surface area contributed by atoms with E-state index in [1.165, 1.54) is 0 Å². The predicted molar refractivity (Wildman–Crippen MR) is 128 cm³/mol. The zero-order valence-electron chi connectivity index (χ0n) is 18.8. The molecule has 0 atom stereocenters. The van der Waals surface area contributed by atoms with Crippen molar-refractivity contribution in [1.82, 2.24) is 9.97 Å². The largest absolute Gasteiger partial charge is 0.437 e. The topological polar surface area (TPSA) is 129 Å². The smallest absolute Gasteiger partial charge is 0.271 e. The number of morpholine rings is 1. The Bertz CT molecular complexity index is 1160. The van der Waals surface area contributed by atoms with Gasteiger partial charge in [0.2, 0.25) is 5.88 Å². The number of aryl methyl sites for hydroxylation is 2. The average Bonchev–Trinajstić information content (AvgIpc) is 2.80. The highest BCUT2D eigenvalue weighted by molar-refractivity contribution is 5.96. The number of hydrogen-bond acceptors (Lipinski definition) is 8. The lowest BCUT2D eigenvalue weighted by Crippen LogP contribution is -2.36. The number of nitrogens with two attached hydrogens (primary N) is 2. The van der Waals surface area contributed by atoms with Gasteiger partial charge in [0, 0.05) is 36.2 Å². The summed E-state index contributed by atoms with van der Waals surface area (Å²) in [4.78, 5) is 23.4. The summed E-state index contributed by atoms with van der Waals surface area (Å²) in [6.45, 7) is 7.10. The summed E-state index contributed by atoms with van der Waals surface area (Å²) in [5, 5.41) is 3.19. The molecule has 2 heterocycles. The molecule has 1 aliphatic rings. The van der Waals surface area contributed by atoms with Gasteiger partial charge in [-0.05, 0) is 49.2 Å². The Morgan fingerprint density at radius 3 is 2.64 bits per heavy atom. The molecular formula is C24H28N6O3. The molecule has 1 saturated heterocycles. The van der Waals surface area contributed by atoms with Gasteiger partial charge in [0.25, 0.3) is 5.91 Å². The van der Waals surface area contributed by atoms with Gasteiger partial charge in [0.1, 0.15) is 11.4 Å². The monoisotopic (exact) mass is 448 g/mol. The third-order valence-electron chi connectivity index (χ3n) is 5.38. The Labute approximate surface area is 192 Å². The van der Waals surface area contributed by atoms with Gasteiger partial charge in [-0.25, -0.2) is 4.98 Å². The number of carbonyl (C=O) groups excluding carboxylic acids is 1. The van der Waals surface area contributed by atoms with Gasteiger partial charge in [0.15, 0.2) is 11.5 Å². The lowest BCUT2D eigenvalue weighted by atomic mass is 10.1. The van der Waals surface area contributed by atoms with Gasteiger partial charge in [0.05, 0.1) is 13.2 Å². The number of nitrogen functional groups attached to an aromatic ring is 1. The third-order valence-corrected chi connectivity index (χ3v) is 5.38. The molecule has 1 fully saturated rings. The molecule has 1 aromatic heterocycles. The first-order valence-electron chi connectivity index (χ1n) is 10.9. The molecule has 0 unspecified atom stereocenters. The Kier molecular flexibility index (Phi) is 6.60. The molecule has 9 nitrogen and oxygen atoms in total. The van der Waals surface area contributed by atoms with Gasteiger partial charge in [-0.1, -0.05) is 13.0 Å². The summed E-state index contributed by atoms with van der Waals surface area (Å²) in [5.41, 5.74) is 15.6. The molecule has 0 radical (unpaired) electrons. The van der Waals surface area contributed by atoms with E-state index in [1.807, 2.05) is 32.0 Å². The molecule has 0 aliphatic carbocycles. The van der Waals surface area contributed by atoms with E-state index in [1.54, 1.807) is 24.3 Å². The van der Waals surface area contributed by atoms with Crippen molar-refractivity contribution in [2.45, 2.75) is 20.3 Å². The van der Waals surface area contributed by atoms with Crippen molar-refractivity contribution in [3.8, 4) is 11.6 Å². The van der Waals surface area contributed by atoms with Gasteiger partial charge in [-0.15, -0.1) is 0 Å². The molecular weight excluding hydrogens is 420 g/mol. The lowest BCUT2D eigenvalue weighted by molar-refractivity contribution is 0.0996. The highest BCUT2D eigenvalue weighted by Crippen LogP contribution is 2.30. The number of anilines is 4. The number of aromatic nitrogens is 2. The van der Waals surface area contributed by atoms with E-state index < -0.39 is 5.91 Å². The first-order chi connectivity index (χ1) is 15.9. The van der Waals surface area contributed by atoms with Crippen molar-refractivity contribution in [1.29, 1.82) is 0 Å². The number of ether oxygens (including phenoxy) is 2. The zero-order valence-corrected chi connectivity index (χ0v) is 18.8. The predicted octanol–water partition coefficient (Wildman–Crippen LogP) is 3.40. The van der Waals surface area contributed by atoms with Crippen LogP contribution in [-0.2, 0) is 11.2 Å². The zero-order chi connectivity index (χ0) is 23.4. The number of primary amides is 1. The maximum Gasteiger partial charge on any atom is 0.271 e. The molecule has 5 N–H and O–H groups in total. The van der Waals surface area contributed by atoms with Gasteiger partial charge in [-0.3, -0.25) is 4.79 Å². The SMILES string of the molecule is CCc1nc(C(N)=O)c(Nc2ccc(N3CCOCC3)c(C)c2)nc1Oc1cccc(N)c1. The average molecular weight is 449 g/mol. The van der Waals surface area contributed by atoms with E-state index in [0.717, 1.165) is 43.2 Å². The van der Waals surface area contributed by atoms with Gasteiger partial charge >= 0.3 is 0 Å². The van der Waals surface area contributed by atoms with Gasteiger partial charge in [-0.2, -0.15) is 4.98 Å². The van der Waals surface area contributed by atoms with E-state index in [4.69, 9.17) is 20.9 Å². The number of rotatable bonds is 7. The van der Waals surface area contributed by atoms with E-state index >= 15 is 0 Å². The van der Waals surface area contributed by atoms with E-state index in [2.05, 4.69) is 20.2 Å². The number of nitrogens with zero attached hydrogens (tertiary/aromatic N) is 3. The fourth-order valence-electron chi connectivity index (χ4n) is 3.74. The summed E-state index contributed by atoms with van der Waals surface area (Å²) in [7, 11) is 0. The van der Waals surface area contributed by atoms with Crippen LogP contribution in [0.25, 0.3) is 0 Å². The van der Waals surface area contributed by atoms with Crippen LogP contribution in [0.3, 0.4) is 0 Å². The van der Waals surface area contributed by atoms with Crippen LogP contribution < -0.4 is 26.4 Å². The normalized spacial score (nSPS) is 13.6.